The van der Waals surface area contributed by atoms with Crippen molar-refractivity contribution in [1.29, 1.82) is 0 Å². The maximum Gasteiger partial charge on any atom is 0.246 e. The van der Waals surface area contributed by atoms with E-state index in [-0.39, 0.29) is 49.3 Å². The van der Waals surface area contributed by atoms with Gasteiger partial charge in [-0.05, 0) is 63.1 Å². The van der Waals surface area contributed by atoms with Crippen LogP contribution in [0.25, 0.3) is 0 Å². The Morgan fingerprint density at radius 2 is 1.66 bits per heavy atom. The Morgan fingerprint density at radius 1 is 0.951 bits per heavy atom. The molecule has 1 aliphatic heterocycles. The molecular formula is C30H47N5O5S. The number of carbonyl (C=O) groups is 3. The summed E-state index contributed by atoms with van der Waals surface area (Å²) in [5.41, 5.74) is 2.27. The molecule has 228 valence electrons. The van der Waals surface area contributed by atoms with Gasteiger partial charge in [-0.2, -0.15) is 4.31 Å². The van der Waals surface area contributed by atoms with Crippen LogP contribution in [0.3, 0.4) is 0 Å². The van der Waals surface area contributed by atoms with Gasteiger partial charge in [-0.15, -0.1) is 0 Å². The molecule has 2 fully saturated rings. The van der Waals surface area contributed by atoms with E-state index < -0.39 is 33.4 Å². The van der Waals surface area contributed by atoms with E-state index in [1.807, 2.05) is 32.0 Å². The van der Waals surface area contributed by atoms with Gasteiger partial charge >= 0.3 is 0 Å². The Labute approximate surface area is 245 Å². The van der Waals surface area contributed by atoms with Gasteiger partial charge in [0.1, 0.15) is 12.1 Å². The largest absolute Gasteiger partial charge is 0.347 e. The minimum absolute atomic E-state index is 0.0869. The molecule has 0 radical (unpaired) electrons. The zero-order valence-corrected chi connectivity index (χ0v) is 25.7. The van der Waals surface area contributed by atoms with Crippen LogP contribution >= 0.6 is 0 Å². The summed E-state index contributed by atoms with van der Waals surface area (Å²) >= 11 is 0. The number of sulfonamides is 1. The first-order valence-corrected chi connectivity index (χ1v) is 16.7. The number of rotatable bonds is 9. The number of amides is 3. The highest BCUT2D eigenvalue weighted by Gasteiger charge is 2.44. The first-order valence-electron chi connectivity index (χ1n) is 15.2. The minimum atomic E-state index is -3.62. The number of carbonyl (C=O) groups excluding carboxylic acids is 3. The number of likely N-dealkylation sites (N-methyl/N-ethyl adjacent to an activating group) is 1. The number of nitrogens with zero attached hydrogens (tertiary/aromatic N) is 2. The predicted octanol–water partition coefficient (Wildman–Crippen LogP) is 2.10. The van der Waals surface area contributed by atoms with Gasteiger partial charge in [0.15, 0.2) is 0 Å². The van der Waals surface area contributed by atoms with Crippen molar-refractivity contribution in [3.8, 4) is 0 Å². The van der Waals surface area contributed by atoms with Crippen LogP contribution in [0, 0.1) is 5.92 Å². The lowest BCUT2D eigenvalue weighted by atomic mass is 9.87. The third-order valence-corrected chi connectivity index (χ3v) is 11.4. The summed E-state index contributed by atoms with van der Waals surface area (Å²) in [6.45, 7) is 5.55. The minimum Gasteiger partial charge on any atom is -0.347 e. The molecule has 1 saturated heterocycles. The molecular weight excluding hydrogens is 542 g/mol. The normalized spacial score (nSPS) is 23.9. The molecule has 4 atom stereocenters. The highest BCUT2D eigenvalue weighted by Crippen LogP contribution is 2.31. The standard InChI is InChI=1S/C30H47N5O5S/c1-20(2)27(33-28(36)21(3)31-4)30(38)35-18-17-34(41(39,40)23-13-6-5-7-14-23)19-26(35)29(37)32-25-16-10-12-22-11-8-9-15-24(22)25/h8-9,11,15,20-21,23,25-27,31H,5-7,10,12-14,16-19H2,1-4H3,(H,32,37)(H,33,36)/t21-,25?,26-,27-/m0/s1. The van der Waals surface area contributed by atoms with E-state index >= 15 is 0 Å². The third kappa shape index (κ3) is 7.11. The summed E-state index contributed by atoms with van der Waals surface area (Å²) in [7, 11) is -1.94. The van der Waals surface area contributed by atoms with Crippen LogP contribution in [-0.4, -0.2) is 85.4 Å². The topological polar surface area (TPSA) is 128 Å². The second kappa shape index (κ2) is 13.6. The molecule has 11 heteroatoms. The highest BCUT2D eigenvalue weighted by atomic mass is 32.2. The first kappa shape index (κ1) is 31.4. The van der Waals surface area contributed by atoms with E-state index in [1.165, 1.54) is 14.8 Å². The zero-order valence-electron chi connectivity index (χ0n) is 24.9. The van der Waals surface area contributed by atoms with Crippen LogP contribution in [0.5, 0.6) is 0 Å². The Bertz CT molecular complexity index is 1200. The van der Waals surface area contributed by atoms with Gasteiger partial charge in [0.2, 0.25) is 27.7 Å². The van der Waals surface area contributed by atoms with E-state index in [0.29, 0.717) is 12.8 Å². The quantitative estimate of drug-likeness (QED) is 0.405. The first-order chi connectivity index (χ1) is 19.5. The molecule has 1 aromatic rings. The number of nitrogens with one attached hydrogen (secondary N) is 3. The molecule has 3 amide bonds. The number of hydrogen-bond acceptors (Lipinski definition) is 6. The smallest absolute Gasteiger partial charge is 0.246 e. The molecule has 4 rings (SSSR count). The lowest BCUT2D eigenvalue weighted by molar-refractivity contribution is -0.146. The van der Waals surface area contributed by atoms with Crippen molar-refractivity contribution in [3.63, 3.8) is 0 Å². The fourth-order valence-corrected chi connectivity index (χ4v) is 8.36. The number of piperazine rings is 1. The molecule has 1 saturated carbocycles. The molecule has 1 heterocycles. The van der Waals surface area contributed by atoms with Crippen LogP contribution < -0.4 is 16.0 Å². The Hall–Kier alpha value is -2.50. The van der Waals surface area contributed by atoms with Crippen LogP contribution in [0.2, 0.25) is 0 Å². The second-order valence-corrected chi connectivity index (χ2v) is 14.3. The SMILES string of the molecule is CN[C@@H](C)C(=O)N[C@H](C(=O)N1CCN(S(=O)(=O)C2CCCCC2)C[C@H]1C(=O)NC1CCCc2ccccc21)C(C)C. The fourth-order valence-electron chi connectivity index (χ4n) is 6.32. The average Bonchev–Trinajstić information content (AvgIpc) is 2.99. The Morgan fingerprint density at radius 3 is 2.34 bits per heavy atom. The molecule has 1 aromatic carbocycles. The number of benzene rings is 1. The van der Waals surface area contributed by atoms with Crippen LogP contribution in [-0.2, 0) is 30.8 Å². The summed E-state index contributed by atoms with van der Waals surface area (Å²) < 4.78 is 28.8. The Balaban J connectivity index is 1.60. The highest BCUT2D eigenvalue weighted by molar-refractivity contribution is 7.89. The van der Waals surface area contributed by atoms with E-state index in [9.17, 15) is 22.8 Å². The van der Waals surface area contributed by atoms with Gasteiger partial charge in [-0.1, -0.05) is 57.4 Å². The van der Waals surface area contributed by atoms with E-state index in [1.54, 1.807) is 14.0 Å². The number of aryl methyl sites for hydroxylation is 1. The van der Waals surface area contributed by atoms with Gasteiger partial charge in [-0.25, -0.2) is 8.42 Å². The molecule has 3 N–H and O–H groups in total. The number of fused-ring (bicyclic) bond motifs is 1. The van der Waals surface area contributed by atoms with Crippen molar-refractivity contribution in [2.45, 2.75) is 102 Å². The fraction of sp³-hybridized carbons (Fsp3) is 0.700. The summed E-state index contributed by atoms with van der Waals surface area (Å²) in [6.07, 6.45) is 6.72. The number of hydrogen-bond donors (Lipinski definition) is 3. The summed E-state index contributed by atoms with van der Waals surface area (Å²) in [4.78, 5) is 42.2. The molecule has 2 aliphatic carbocycles. The molecule has 0 aromatic heterocycles. The molecule has 3 aliphatic rings. The maximum absolute atomic E-state index is 14.0. The monoisotopic (exact) mass is 589 g/mol. The van der Waals surface area contributed by atoms with Crippen molar-refractivity contribution in [1.82, 2.24) is 25.2 Å². The van der Waals surface area contributed by atoms with Gasteiger partial charge < -0.3 is 20.9 Å². The third-order valence-electron chi connectivity index (χ3n) is 9.00. The lowest BCUT2D eigenvalue weighted by Gasteiger charge is -2.43. The van der Waals surface area contributed by atoms with Crippen molar-refractivity contribution in [2.75, 3.05) is 26.7 Å². The molecule has 0 bridgehead atoms. The van der Waals surface area contributed by atoms with Crippen molar-refractivity contribution >= 4 is 27.7 Å². The van der Waals surface area contributed by atoms with Crippen LogP contribution in [0.1, 0.15) is 82.9 Å². The molecule has 0 spiro atoms. The van der Waals surface area contributed by atoms with Crippen molar-refractivity contribution in [2.24, 2.45) is 5.92 Å². The Kier molecular flexibility index (Phi) is 10.5. The summed E-state index contributed by atoms with van der Waals surface area (Å²) in [5, 5.41) is 8.46. The van der Waals surface area contributed by atoms with E-state index in [2.05, 4.69) is 22.0 Å². The van der Waals surface area contributed by atoms with Gasteiger partial charge in [0, 0.05) is 19.6 Å². The van der Waals surface area contributed by atoms with Crippen LogP contribution in [0.15, 0.2) is 24.3 Å². The van der Waals surface area contributed by atoms with E-state index in [4.69, 9.17) is 0 Å². The second-order valence-electron chi connectivity index (χ2n) is 12.1. The molecule has 1 unspecified atom stereocenters. The predicted molar refractivity (Wildman–Crippen MR) is 158 cm³/mol. The van der Waals surface area contributed by atoms with Gasteiger partial charge in [0.25, 0.3) is 0 Å². The summed E-state index contributed by atoms with van der Waals surface area (Å²) in [5.74, 6) is -1.26. The average molecular weight is 590 g/mol. The van der Waals surface area contributed by atoms with Crippen molar-refractivity contribution in [3.05, 3.63) is 35.4 Å². The van der Waals surface area contributed by atoms with Gasteiger partial charge in [0.05, 0.1) is 17.3 Å². The lowest BCUT2D eigenvalue weighted by Crippen LogP contribution is -2.66. The van der Waals surface area contributed by atoms with Crippen LogP contribution in [0.4, 0.5) is 0 Å². The summed E-state index contributed by atoms with van der Waals surface area (Å²) in [6, 6.07) is 5.52. The molecule has 10 nitrogen and oxygen atoms in total. The van der Waals surface area contributed by atoms with Gasteiger partial charge in [-0.3, -0.25) is 14.4 Å². The maximum atomic E-state index is 14.0. The van der Waals surface area contributed by atoms with E-state index in [0.717, 1.165) is 44.1 Å². The van der Waals surface area contributed by atoms with Crippen molar-refractivity contribution < 1.29 is 22.8 Å². The zero-order chi connectivity index (χ0) is 29.7. The molecule has 41 heavy (non-hydrogen) atoms.